The van der Waals surface area contributed by atoms with Crippen LogP contribution >= 0.6 is 0 Å². The molecule has 26 heavy (non-hydrogen) atoms. The van der Waals surface area contributed by atoms with Crippen LogP contribution in [0.5, 0.6) is 0 Å². The number of benzene rings is 2. The molecule has 1 unspecified atom stereocenters. The molecule has 3 nitrogen and oxygen atoms in total. The van der Waals surface area contributed by atoms with Gasteiger partial charge < -0.3 is 4.90 Å². The topological polar surface area (TPSA) is 9.72 Å². The monoisotopic (exact) mass is 349 g/mol. The molecule has 0 saturated carbocycles. The van der Waals surface area contributed by atoms with Gasteiger partial charge in [-0.25, -0.2) is 0 Å². The lowest BCUT2D eigenvalue weighted by Gasteiger charge is -2.44. The second kappa shape index (κ2) is 8.24. The van der Waals surface area contributed by atoms with Crippen LogP contribution in [0.3, 0.4) is 0 Å². The summed E-state index contributed by atoms with van der Waals surface area (Å²) in [4.78, 5) is 7.94. The number of hydrogen-bond donors (Lipinski definition) is 0. The Morgan fingerprint density at radius 3 is 2.35 bits per heavy atom. The Bertz CT molecular complexity index is 692. The minimum Gasteiger partial charge on any atom is -0.369 e. The Labute approximate surface area is 158 Å². The molecule has 0 amide bonds. The van der Waals surface area contributed by atoms with Gasteiger partial charge in [-0.15, -0.1) is 0 Å². The molecule has 138 valence electrons. The van der Waals surface area contributed by atoms with Gasteiger partial charge in [0.1, 0.15) is 0 Å². The Morgan fingerprint density at radius 2 is 1.58 bits per heavy atom. The lowest BCUT2D eigenvalue weighted by atomic mass is 10.0. The Morgan fingerprint density at radius 1 is 0.846 bits per heavy atom. The maximum Gasteiger partial charge on any atom is 0.0367 e. The van der Waals surface area contributed by atoms with E-state index in [-0.39, 0.29) is 0 Å². The Balaban J connectivity index is 1.32. The quantitative estimate of drug-likeness (QED) is 0.832. The van der Waals surface area contributed by atoms with Crippen LogP contribution in [0, 0.1) is 6.92 Å². The molecule has 2 aliphatic rings. The number of para-hydroxylation sites is 1. The molecular formula is C23H31N3. The van der Waals surface area contributed by atoms with E-state index in [0.717, 1.165) is 25.7 Å². The van der Waals surface area contributed by atoms with Gasteiger partial charge in [-0.2, -0.15) is 0 Å². The van der Waals surface area contributed by atoms with Gasteiger partial charge in [0.2, 0.25) is 0 Å². The number of aryl methyl sites for hydroxylation is 1. The maximum absolute atomic E-state index is 2.74. The van der Waals surface area contributed by atoms with Crippen LogP contribution in [-0.2, 0) is 6.54 Å². The smallest absolute Gasteiger partial charge is 0.0367 e. The van der Waals surface area contributed by atoms with E-state index in [0.29, 0.717) is 0 Å². The molecule has 3 heteroatoms. The Hall–Kier alpha value is -1.84. The number of rotatable bonds is 4. The molecule has 0 N–H and O–H groups in total. The number of anilines is 1. The van der Waals surface area contributed by atoms with Crippen molar-refractivity contribution in [2.45, 2.75) is 32.4 Å². The van der Waals surface area contributed by atoms with Crippen LogP contribution in [0.15, 0.2) is 54.6 Å². The summed E-state index contributed by atoms with van der Waals surface area (Å²) in [5.41, 5.74) is 4.28. The molecule has 1 atom stereocenters. The highest BCUT2D eigenvalue weighted by Crippen LogP contribution is 2.22. The third-order valence-corrected chi connectivity index (χ3v) is 6.09. The van der Waals surface area contributed by atoms with Gasteiger partial charge in [0.15, 0.2) is 0 Å². The van der Waals surface area contributed by atoms with Crippen molar-refractivity contribution in [2.75, 3.05) is 44.2 Å². The molecule has 0 spiro atoms. The lowest BCUT2D eigenvalue weighted by Crippen LogP contribution is -2.55. The molecule has 2 heterocycles. The van der Waals surface area contributed by atoms with Gasteiger partial charge >= 0.3 is 0 Å². The largest absolute Gasteiger partial charge is 0.369 e. The number of hydrogen-bond acceptors (Lipinski definition) is 3. The van der Waals surface area contributed by atoms with Gasteiger partial charge in [0.05, 0.1) is 0 Å². The van der Waals surface area contributed by atoms with E-state index < -0.39 is 0 Å². The van der Waals surface area contributed by atoms with E-state index in [1.807, 2.05) is 0 Å². The maximum atomic E-state index is 2.74. The normalized spacial score (nSPS) is 22.5. The number of piperidine rings is 1. The summed E-state index contributed by atoms with van der Waals surface area (Å²) in [6.07, 6.45) is 2.69. The zero-order chi connectivity index (χ0) is 17.8. The summed E-state index contributed by atoms with van der Waals surface area (Å²) >= 11 is 0. The van der Waals surface area contributed by atoms with Crippen LogP contribution in [-0.4, -0.2) is 55.1 Å². The first kappa shape index (κ1) is 17.6. The molecule has 2 aromatic rings. The SMILES string of the molecule is Cc1ccccc1CN1CCCC(N2CCN(c3ccccc3)CC2)C1. The van der Waals surface area contributed by atoms with Crippen molar-refractivity contribution in [1.29, 1.82) is 0 Å². The van der Waals surface area contributed by atoms with Crippen molar-refractivity contribution >= 4 is 5.69 Å². The van der Waals surface area contributed by atoms with E-state index in [1.54, 1.807) is 0 Å². The van der Waals surface area contributed by atoms with Crippen LogP contribution in [0.2, 0.25) is 0 Å². The number of piperazine rings is 1. The van der Waals surface area contributed by atoms with E-state index in [9.17, 15) is 0 Å². The van der Waals surface area contributed by atoms with Gasteiger partial charge in [0.25, 0.3) is 0 Å². The summed E-state index contributed by atoms with van der Waals surface area (Å²) in [5, 5.41) is 0. The molecular weight excluding hydrogens is 318 g/mol. The zero-order valence-corrected chi connectivity index (χ0v) is 16.0. The average molecular weight is 350 g/mol. The highest BCUT2D eigenvalue weighted by Gasteiger charge is 2.28. The summed E-state index contributed by atoms with van der Waals surface area (Å²) < 4.78 is 0. The molecule has 4 rings (SSSR count). The van der Waals surface area contributed by atoms with Crippen LogP contribution in [0.4, 0.5) is 5.69 Å². The standard InChI is InChI=1S/C23H31N3/c1-20-8-5-6-9-21(20)18-24-13-7-12-23(19-24)26-16-14-25(15-17-26)22-10-3-2-4-11-22/h2-6,8-11,23H,7,12-19H2,1H3. The summed E-state index contributed by atoms with van der Waals surface area (Å²) in [6.45, 7) is 10.5. The molecule has 2 aromatic carbocycles. The number of nitrogens with zero attached hydrogens (tertiary/aromatic N) is 3. The van der Waals surface area contributed by atoms with Gasteiger partial charge in [-0.3, -0.25) is 9.80 Å². The first-order valence-corrected chi connectivity index (χ1v) is 10.1. The second-order valence-electron chi connectivity index (χ2n) is 7.82. The lowest BCUT2D eigenvalue weighted by molar-refractivity contribution is 0.0887. The average Bonchev–Trinajstić information content (AvgIpc) is 2.71. The van der Waals surface area contributed by atoms with E-state index >= 15 is 0 Å². The van der Waals surface area contributed by atoms with E-state index in [2.05, 4.69) is 76.2 Å². The molecule has 0 aromatic heterocycles. The first-order chi connectivity index (χ1) is 12.8. The summed E-state index contributed by atoms with van der Waals surface area (Å²) in [5.74, 6) is 0. The van der Waals surface area contributed by atoms with Crippen molar-refractivity contribution in [1.82, 2.24) is 9.80 Å². The second-order valence-corrected chi connectivity index (χ2v) is 7.82. The van der Waals surface area contributed by atoms with Crippen molar-refractivity contribution < 1.29 is 0 Å². The van der Waals surface area contributed by atoms with Gasteiger partial charge in [-0.1, -0.05) is 42.5 Å². The summed E-state index contributed by atoms with van der Waals surface area (Å²) in [6, 6.07) is 20.4. The van der Waals surface area contributed by atoms with E-state index in [4.69, 9.17) is 0 Å². The van der Waals surface area contributed by atoms with Crippen LogP contribution in [0.1, 0.15) is 24.0 Å². The molecule has 0 aliphatic carbocycles. The van der Waals surface area contributed by atoms with Crippen molar-refractivity contribution in [2.24, 2.45) is 0 Å². The van der Waals surface area contributed by atoms with Crippen molar-refractivity contribution in [3.8, 4) is 0 Å². The predicted octanol–water partition coefficient (Wildman–Crippen LogP) is 3.78. The summed E-state index contributed by atoms with van der Waals surface area (Å²) in [7, 11) is 0. The molecule has 0 bridgehead atoms. The highest BCUT2D eigenvalue weighted by molar-refractivity contribution is 5.46. The fourth-order valence-corrected chi connectivity index (χ4v) is 4.49. The molecule has 2 fully saturated rings. The molecule has 2 aliphatic heterocycles. The first-order valence-electron chi connectivity index (χ1n) is 10.1. The third kappa shape index (κ3) is 4.11. The van der Waals surface area contributed by atoms with Gasteiger partial charge in [-0.05, 0) is 49.6 Å². The van der Waals surface area contributed by atoms with Crippen LogP contribution in [0.25, 0.3) is 0 Å². The predicted molar refractivity (Wildman–Crippen MR) is 110 cm³/mol. The highest BCUT2D eigenvalue weighted by atomic mass is 15.3. The minimum atomic E-state index is 0.727. The van der Waals surface area contributed by atoms with Crippen LogP contribution < -0.4 is 4.90 Å². The number of likely N-dealkylation sites (tertiary alicyclic amines) is 1. The van der Waals surface area contributed by atoms with Crippen molar-refractivity contribution in [3.63, 3.8) is 0 Å². The van der Waals surface area contributed by atoms with Crippen molar-refractivity contribution in [3.05, 3.63) is 65.7 Å². The zero-order valence-electron chi connectivity index (χ0n) is 16.0. The minimum absolute atomic E-state index is 0.727. The van der Waals surface area contributed by atoms with Gasteiger partial charge in [0, 0.05) is 51.0 Å². The fraction of sp³-hybridized carbons (Fsp3) is 0.478. The van der Waals surface area contributed by atoms with E-state index in [1.165, 1.54) is 55.8 Å². The molecule has 2 saturated heterocycles. The molecule has 0 radical (unpaired) electrons. The Kier molecular flexibility index (Phi) is 5.57. The third-order valence-electron chi connectivity index (χ3n) is 6.09. The fourth-order valence-electron chi connectivity index (χ4n) is 4.49.